The zero-order valence-corrected chi connectivity index (χ0v) is 12.0. The first-order chi connectivity index (χ1) is 9.36. The van der Waals surface area contributed by atoms with Gasteiger partial charge in [-0.15, -0.1) is 0 Å². The van der Waals surface area contributed by atoms with Gasteiger partial charge in [-0.25, -0.2) is 0 Å². The highest BCUT2D eigenvalue weighted by Crippen LogP contribution is 2.28. The molecule has 0 bridgehead atoms. The first-order valence-electron chi connectivity index (χ1n) is 7.46. The average molecular weight is 262 g/mol. The summed E-state index contributed by atoms with van der Waals surface area (Å²) >= 11 is 0. The van der Waals surface area contributed by atoms with E-state index in [-0.39, 0.29) is 0 Å². The van der Waals surface area contributed by atoms with Gasteiger partial charge < -0.3 is 10.5 Å². The number of nitrogens with two attached hydrogens (primary N) is 1. The zero-order valence-electron chi connectivity index (χ0n) is 12.0. The van der Waals surface area contributed by atoms with Gasteiger partial charge in [0.2, 0.25) is 0 Å². The molecule has 1 heterocycles. The van der Waals surface area contributed by atoms with Gasteiger partial charge in [0.1, 0.15) is 0 Å². The SMILES string of the molecule is CCCCOCCN1CCc2ccccc2C1CN. The maximum atomic E-state index is 5.98. The minimum Gasteiger partial charge on any atom is -0.380 e. The number of benzene rings is 1. The van der Waals surface area contributed by atoms with Crippen LogP contribution in [0.5, 0.6) is 0 Å². The van der Waals surface area contributed by atoms with Gasteiger partial charge in [0.05, 0.1) is 6.61 Å². The molecule has 0 radical (unpaired) electrons. The van der Waals surface area contributed by atoms with E-state index in [0.29, 0.717) is 12.6 Å². The van der Waals surface area contributed by atoms with Crippen LogP contribution in [0.3, 0.4) is 0 Å². The molecule has 1 aliphatic heterocycles. The lowest BCUT2D eigenvalue weighted by Gasteiger charge is -2.36. The largest absolute Gasteiger partial charge is 0.380 e. The van der Waals surface area contributed by atoms with Gasteiger partial charge in [-0.05, 0) is 24.0 Å². The Morgan fingerprint density at radius 2 is 2.16 bits per heavy atom. The van der Waals surface area contributed by atoms with Crippen LogP contribution < -0.4 is 5.73 Å². The summed E-state index contributed by atoms with van der Waals surface area (Å²) in [6, 6.07) is 9.04. The van der Waals surface area contributed by atoms with Gasteiger partial charge in [0.25, 0.3) is 0 Å². The molecule has 0 saturated heterocycles. The van der Waals surface area contributed by atoms with Crippen LogP contribution in [-0.2, 0) is 11.2 Å². The summed E-state index contributed by atoms with van der Waals surface area (Å²) in [4.78, 5) is 2.47. The number of hydrogen-bond acceptors (Lipinski definition) is 3. The van der Waals surface area contributed by atoms with E-state index in [1.807, 2.05) is 0 Å². The van der Waals surface area contributed by atoms with Crippen LogP contribution in [0.2, 0.25) is 0 Å². The average Bonchev–Trinajstić information content (AvgIpc) is 2.46. The lowest BCUT2D eigenvalue weighted by Crippen LogP contribution is -2.41. The third-order valence-electron chi connectivity index (χ3n) is 3.91. The third-order valence-corrected chi connectivity index (χ3v) is 3.91. The standard InChI is InChI=1S/C16H26N2O/c1-2-3-11-19-12-10-18-9-8-14-6-4-5-7-15(14)16(18)13-17/h4-7,16H,2-3,8-13,17H2,1H3. The Morgan fingerprint density at radius 3 is 2.95 bits per heavy atom. The molecule has 2 rings (SSSR count). The fourth-order valence-electron chi connectivity index (χ4n) is 2.78. The summed E-state index contributed by atoms with van der Waals surface area (Å²) in [6.07, 6.45) is 3.48. The summed E-state index contributed by atoms with van der Waals surface area (Å²) in [5.74, 6) is 0. The van der Waals surface area contributed by atoms with Crippen LogP contribution in [0, 0.1) is 0 Å². The molecule has 0 fully saturated rings. The van der Waals surface area contributed by atoms with Gasteiger partial charge in [0.15, 0.2) is 0 Å². The number of hydrogen-bond donors (Lipinski definition) is 1. The second-order valence-electron chi connectivity index (χ2n) is 5.20. The summed E-state index contributed by atoms with van der Waals surface area (Å²) in [5.41, 5.74) is 8.84. The lowest BCUT2D eigenvalue weighted by atomic mass is 9.92. The van der Waals surface area contributed by atoms with E-state index in [1.165, 1.54) is 17.5 Å². The van der Waals surface area contributed by atoms with Crippen molar-refractivity contribution >= 4 is 0 Å². The van der Waals surface area contributed by atoms with Crippen molar-refractivity contribution < 1.29 is 4.74 Å². The molecule has 1 aromatic rings. The van der Waals surface area contributed by atoms with Crippen molar-refractivity contribution in [3.05, 3.63) is 35.4 Å². The molecule has 0 aromatic heterocycles. The number of fused-ring (bicyclic) bond motifs is 1. The highest BCUT2D eigenvalue weighted by atomic mass is 16.5. The molecule has 1 atom stereocenters. The highest BCUT2D eigenvalue weighted by molar-refractivity contribution is 5.32. The summed E-state index contributed by atoms with van der Waals surface area (Å²) in [5, 5.41) is 0. The molecular formula is C16H26N2O. The Kier molecular flexibility index (Phi) is 5.83. The number of ether oxygens (including phenoxy) is 1. The number of unbranched alkanes of at least 4 members (excludes halogenated alkanes) is 1. The molecule has 3 nitrogen and oxygen atoms in total. The van der Waals surface area contributed by atoms with Crippen molar-refractivity contribution in [2.75, 3.05) is 32.8 Å². The number of nitrogens with zero attached hydrogens (tertiary/aromatic N) is 1. The maximum Gasteiger partial charge on any atom is 0.0593 e. The molecule has 0 aliphatic carbocycles. The van der Waals surface area contributed by atoms with E-state index < -0.39 is 0 Å². The minimum absolute atomic E-state index is 0.361. The van der Waals surface area contributed by atoms with Crippen LogP contribution in [0.4, 0.5) is 0 Å². The first kappa shape index (κ1) is 14.5. The van der Waals surface area contributed by atoms with Gasteiger partial charge in [-0.1, -0.05) is 37.6 Å². The quantitative estimate of drug-likeness (QED) is 0.767. The molecular weight excluding hydrogens is 236 g/mol. The molecule has 3 heteroatoms. The van der Waals surface area contributed by atoms with Gasteiger partial charge in [0, 0.05) is 32.3 Å². The smallest absolute Gasteiger partial charge is 0.0593 e. The molecule has 0 saturated carbocycles. The zero-order chi connectivity index (χ0) is 13.5. The minimum atomic E-state index is 0.361. The van der Waals surface area contributed by atoms with Crippen LogP contribution >= 0.6 is 0 Å². The Bertz CT molecular complexity index is 381. The molecule has 2 N–H and O–H groups in total. The van der Waals surface area contributed by atoms with Gasteiger partial charge in [-0.2, -0.15) is 0 Å². The topological polar surface area (TPSA) is 38.5 Å². The third kappa shape index (κ3) is 3.78. The fourth-order valence-corrected chi connectivity index (χ4v) is 2.78. The monoisotopic (exact) mass is 262 g/mol. The summed E-state index contributed by atoms with van der Waals surface area (Å²) in [7, 11) is 0. The Morgan fingerprint density at radius 1 is 1.32 bits per heavy atom. The van der Waals surface area contributed by atoms with Gasteiger partial charge >= 0.3 is 0 Å². The number of rotatable bonds is 7. The lowest BCUT2D eigenvalue weighted by molar-refractivity contribution is 0.0827. The highest BCUT2D eigenvalue weighted by Gasteiger charge is 2.25. The molecule has 1 aromatic carbocycles. The van der Waals surface area contributed by atoms with E-state index in [2.05, 4.69) is 36.1 Å². The normalized spacial score (nSPS) is 19.4. The maximum absolute atomic E-state index is 5.98. The van der Waals surface area contributed by atoms with E-state index >= 15 is 0 Å². The predicted octanol–water partition coefficient (Wildman–Crippen LogP) is 2.36. The predicted molar refractivity (Wildman–Crippen MR) is 79.2 cm³/mol. The van der Waals surface area contributed by atoms with Crippen molar-refractivity contribution in [3.63, 3.8) is 0 Å². The Labute approximate surface area is 116 Å². The van der Waals surface area contributed by atoms with E-state index in [0.717, 1.165) is 39.1 Å². The summed E-state index contributed by atoms with van der Waals surface area (Å²) < 4.78 is 5.68. The van der Waals surface area contributed by atoms with Crippen LogP contribution in [-0.4, -0.2) is 37.7 Å². The Hall–Kier alpha value is -0.900. The van der Waals surface area contributed by atoms with Gasteiger partial charge in [-0.3, -0.25) is 4.90 Å². The van der Waals surface area contributed by atoms with Crippen LogP contribution in [0.15, 0.2) is 24.3 Å². The molecule has 1 unspecified atom stereocenters. The van der Waals surface area contributed by atoms with Crippen molar-refractivity contribution in [3.8, 4) is 0 Å². The van der Waals surface area contributed by atoms with Crippen LogP contribution in [0.25, 0.3) is 0 Å². The van der Waals surface area contributed by atoms with Crippen molar-refractivity contribution in [2.45, 2.75) is 32.2 Å². The van der Waals surface area contributed by atoms with Crippen molar-refractivity contribution in [2.24, 2.45) is 5.73 Å². The first-order valence-corrected chi connectivity index (χ1v) is 7.46. The molecule has 19 heavy (non-hydrogen) atoms. The second kappa shape index (κ2) is 7.63. The van der Waals surface area contributed by atoms with E-state index in [4.69, 9.17) is 10.5 Å². The van der Waals surface area contributed by atoms with E-state index in [1.54, 1.807) is 0 Å². The Balaban J connectivity index is 1.88. The van der Waals surface area contributed by atoms with Crippen molar-refractivity contribution in [1.82, 2.24) is 4.90 Å². The van der Waals surface area contributed by atoms with Crippen LogP contribution in [0.1, 0.15) is 36.9 Å². The molecule has 0 amide bonds. The second-order valence-corrected chi connectivity index (χ2v) is 5.20. The molecule has 0 spiro atoms. The van der Waals surface area contributed by atoms with E-state index in [9.17, 15) is 0 Å². The summed E-state index contributed by atoms with van der Waals surface area (Å²) in [6.45, 7) is 6.66. The van der Waals surface area contributed by atoms with Crippen molar-refractivity contribution in [1.29, 1.82) is 0 Å². The fraction of sp³-hybridized carbons (Fsp3) is 0.625. The molecule has 106 valence electrons. The molecule has 1 aliphatic rings.